The van der Waals surface area contributed by atoms with E-state index in [1.807, 2.05) is 0 Å². The minimum atomic E-state index is -4.48. The lowest BCUT2D eigenvalue weighted by Crippen LogP contribution is -2.40. The Labute approximate surface area is 210 Å². The Hall–Kier alpha value is -4.18. The van der Waals surface area contributed by atoms with E-state index in [4.69, 9.17) is 4.74 Å². The molecule has 1 aliphatic heterocycles. The minimum absolute atomic E-state index is 0.0549. The summed E-state index contributed by atoms with van der Waals surface area (Å²) in [6.45, 7) is 0.645. The highest BCUT2D eigenvalue weighted by molar-refractivity contribution is 6.05. The lowest BCUT2D eigenvalue weighted by atomic mass is 9.85. The number of rotatable bonds is 8. The predicted octanol–water partition coefficient (Wildman–Crippen LogP) is 4.60. The predicted molar refractivity (Wildman–Crippen MR) is 131 cm³/mol. The number of carbonyl (C=O) groups excluding carboxylic acids is 2. The number of amides is 1. The number of hydrogen-bond donors (Lipinski definition) is 3. The highest BCUT2D eigenvalue weighted by Crippen LogP contribution is 2.36. The summed E-state index contributed by atoms with van der Waals surface area (Å²) < 4.78 is 45.1. The van der Waals surface area contributed by atoms with E-state index in [9.17, 15) is 27.6 Å². The van der Waals surface area contributed by atoms with Gasteiger partial charge in [0.1, 0.15) is 0 Å². The molecule has 3 aromatic rings. The van der Waals surface area contributed by atoms with E-state index in [0.29, 0.717) is 18.7 Å². The highest BCUT2D eigenvalue weighted by atomic mass is 19.4. The number of nitrogens with one attached hydrogen (secondary N) is 3. The maximum absolute atomic E-state index is 13.2. The summed E-state index contributed by atoms with van der Waals surface area (Å²) in [5.74, 6) is -0.721. The molecule has 2 heterocycles. The molecule has 192 valence electrons. The van der Waals surface area contributed by atoms with Crippen molar-refractivity contribution < 1.29 is 27.5 Å². The van der Waals surface area contributed by atoms with Crippen molar-refractivity contribution in [2.24, 2.45) is 5.41 Å². The summed E-state index contributed by atoms with van der Waals surface area (Å²) in [6.07, 6.45) is 0.0810. The smallest absolute Gasteiger partial charge is 0.380 e. The molecule has 0 spiro atoms. The van der Waals surface area contributed by atoms with E-state index in [-0.39, 0.29) is 30.3 Å². The number of ether oxygens (including phenoxy) is 1. The van der Waals surface area contributed by atoms with Gasteiger partial charge in [-0.25, -0.2) is 0 Å². The minimum Gasteiger partial charge on any atom is -0.380 e. The van der Waals surface area contributed by atoms with Crippen LogP contribution in [0.3, 0.4) is 0 Å². The zero-order chi connectivity index (χ0) is 26.5. The van der Waals surface area contributed by atoms with Crippen LogP contribution >= 0.6 is 0 Å². The van der Waals surface area contributed by atoms with Crippen molar-refractivity contribution >= 4 is 23.1 Å². The number of H-pyrrole nitrogens is 1. The van der Waals surface area contributed by atoms with Crippen LogP contribution in [0.25, 0.3) is 0 Å². The van der Waals surface area contributed by atoms with Crippen LogP contribution in [-0.4, -0.2) is 29.9 Å². The topological polar surface area (TPSA) is 100 Å². The Morgan fingerprint density at radius 2 is 1.84 bits per heavy atom. The number of hydrogen-bond acceptors (Lipinski definition) is 5. The van der Waals surface area contributed by atoms with Crippen molar-refractivity contribution in [1.29, 1.82) is 0 Å². The number of pyridine rings is 1. The number of alkyl halides is 3. The van der Waals surface area contributed by atoms with E-state index < -0.39 is 28.5 Å². The van der Waals surface area contributed by atoms with Crippen LogP contribution in [0.2, 0.25) is 0 Å². The number of anilines is 2. The summed E-state index contributed by atoms with van der Waals surface area (Å²) in [5.41, 5.74) is -0.835. The fourth-order valence-corrected chi connectivity index (χ4v) is 3.96. The molecule has 2 aromatic carbocycles. The van der Waals surface area contributed by atoms with Crippen LogP contribution in [0.4, 0.5) is 24.5 Å². The lowest BCUT2D eigenvalue weighted by molar-refractivity contribution is -0.137. The van der Waals surface area contributed by atoms with Crippen LogP contribution in [0.5, 0.6) is 0 Å². The summed E-state index contributed by atoms with van der Waals surface area (Å²) in [7, 11) is 0. The van der Waals surface area contributed by atoms with Crippen molar-refractivity contribution in [3.63, 3.8) is 0 Å². The fourth-order valence-electron chi connectivity index (χ4n) is 3.96. The summed E-state index contributed by atoms with van der Waals surface area (Å²) in [6, 6.07) is 14.5. The van der Waals surface area contributed by atoms with Crippen molar-refractivity contribution in [3.8, 4) is 0 Å². The average Bonchev–Trinajstić information content (AvgIpc) is 3.37. The average molecular weight is 512 g/mol. The van der Waals surface area contributed by atoms with Gasteiger partial charge < -0.3 is 20.4 Å². The summed E-state index contributed by atoms with van der Waals surface area (Å²) >= 11 is 0. The van der Waals surface area contributed by atoms with E-state index in [2.05, 4.69) is 15.6 Å². The third-order valence-corrected chi connectivity index (χ3v) is 6.04. The zero-order valence-corrected chi connectivity index (χ0v) is 19.6. The second-order valence-corrected chi connectivity index (χ2v) is 8.65. The van der Waals surface area contributed by atoms with Gasteiger partial charge in [0.05, 0.1) is 23.3 Å². The fraction of sp³-hybridized carbons (Fsp3) is 0.222. The van der Waals surface area contributed by atoms with Gasteiger partial charge in [0.15, 0.2) is 5.78 Å². The molecule has 1 aliphatic rings. The number of halogens is 3. The van der Waals surface area contributed by atoms with Crippen LogP contribution in [-0.2, 0) is 22.3 Å². The number of benzene rings is 2. The van der Waals surface area contributed by atoms with E-state index in [0.717, 1.165) is 11.6 Å². The largest absolute Gasteiger partial charge is 0.418 e. The molecule has 10 heteroatoms. The molecular formula is C27H24F3N3O4. The molecule has 0 saturated carbocycles. The quantitative estimate of drug-likeness (QED) is 0.303. The monoisotopic (exact) mass is 511 g/mol. The number of aromatic nitrogens is 1. The molecule has 1 saturated heterocycles. The molecule has 0 bridgehead atoms. The van der Waals surface area contributed by atoms with Gasteiger partial charge in [0.25, 0.3) is 0 Å². The first kappa shape index (κ1) is 25.9. The zero-order valence-electron chi connectivity index (χ0n) is 19.6. The van der Waals surface area contributed by atoms with Gasteiger partial charge in [-0.1, -0.05) is 30.3 Å². The lowest BCUT2D eigenvalue weighted by Gasteiger charge is -2.22. The first-order valence-corrected chi connectivity index (χ1v) is 11.5. The van der Waals surface area contributed by atoms with Gasteiger partial charge >= 0.3 is 6.18 Å². The van der Waals surface area contributed by atoms with Gasteiger partial charge in [0, 0.05) is 36.7 Å². The number of ketones is 1. The van der Waals surface area contributed by atoms with Crippen LogP contribution in [0.1, 0.15) is 27.9 Å². The third kappa shape index (κ3) is 6.34. The van der Waals surface area contributed by atoms with Gasteiger partial charge in [-0.05, 0) is 48.4 Å². The van der Waals surface area contributed by atoms with Crippen LogP contribution < -0.4 is 16.2 Å². The Morgan fingerprint density at radius 1 is 1.08 bits per heavy atom. The van der Waals surface area contributed by atoms with Gasteiger partial charge in [0.2, 0.25) is 11.5 Å². The first-order valence-electron chi connectivity index (χ1n) is 11.5. The molecule has 1 fully saturated rings. The molecule has 1 amide bonds. The van der Waals surface area contributed by atoms with Gasteiger partial charge in [-0.3, -0.25) is 14.4 Å². The highest BCUT2D eigenvalue weighted by Gasteiger charge is 2.40. The first-order chi connectivity index (χ1) is 17.7. The molecule has 0 unspecified atom stereocenters. The number of aromatic amines is 1. The number of para-hydroxylation sites is 1. The maximum Gasteiger partial charge on any atom is 0.418 e. The van der Waals surface area contributed by atoms with Crippen LogP contribution in [0, 0.1) is 5.41 Å². The van der Waals surface area contributed by atoms with E-state index in [1.54, 1.807) is 24.3 Å². The molecule has 7 nitrogen and oxygen atoms in total. The molecule has 3 N–H and O–H groups in total. The number of allylic oxidation sites excluding steroid dienone is 1. The van der Waals surface area contributed by atoms with Crippen LogP contribution in [0.15, 0.2) is 83.8 Å². The standard InChI is InChI=1S/C27H24F3N3O4/c28-27(29,30)21-3-1-2-4-22(21)33-20-7-5-18(6-8-20)16-32-25(36)26(12-14-37-17-26)11-9-23(34)19-10-13-31-24(35)15-19/h1-11,13,15,33H,12,14,16-17H2,(H,31,35)(H,32,36)/b11-9+/t26-/m1/s1. The van der Waals surface area contributed by atoms with Crippen molar-refractivity contribution in [2.75, 3.05) is 18.5 Å². The Bertz CT molecular complexity index is 1360. The normalized spacial score (nSPS) is 17.6. The van der Waals surface area contributed by atoms with E-state index >= 15 is 0 Å². The third-order valence-electron chi connectivity index (χ3n) is 6.04. The molecule has 0 aliphatic carbocycles. The van der Waals surface area contributed by atoms with Crippen molar-refractivity contribution in [1.82, 2.24) is 10.3 Å². The Balaban J connectivity index is 1.40. The van der Waals surface area contributed by atoms with Crippen molar-refractivity contribution in [2.45, 2.75) is 19.1 Å². The molecule has 1 atom stereocenters. The molecule has 1 aromatic heterocycles. The second kappa shape index (κ2) is 10.8. The number of carbonyl (C=O) groups is 2. The second-order valence-electron chi connectivity index (χ2n) is 8.65. The molecule has 37 heavy (non-hydrogen) atoms. The van der Waals surface area contributed by atoms with Crippen molar-refractivity contribution in [3.05, 3.63) is 106 Å². The SMILES string of the molecule is O=C(/C=C/[C@@]1(C(=O)NCc2ccc(Nc3ccccc3C(F)(F)F)cc2)CCOC1)c1cc[nH]c(=O)c1. The molecular weight excluding hydrogens is 487 g/mol. The summed E-state index contributed by atoms with van der Waals surface area (Å²) in [5, 5.41) is 5.63. The molecule has 0 radical (unpaired) electrons. The van der Waals surface area contributed by atoms with Gasteiger partial charge in [-0.15, -0.1) is 0 Å². The maximum atomic E-state index is 13.2. The van der Waals surface area contributed by atoms with Gasteiger partial charge in [-0.2, -0.15) is 13.2 Å². The van der Waals surface area contributed by atoms with E-state index in [1.165, 1.54) is 48.7 Å². The molecule has 4 rings (SSSR count). The summed E-state index contributed by atoms with van der Waals surface area (Å²) in [4.78, 5) is 39.4. The Kier molecular flexibility index (Phi) is 7.58. The Morgan fingerprint density at radius 3 is 2.51 bits per heavy atom.